The molecule has 4 nitrogen and oxygen atoms in total. The lowest BCUT2D eigenvalue weighted by molar-refractivity contribution is -0.153. The van der Waals surface area contributed by atoms with Crippen LogP contribution < -0.4 is 5.32 Å². The van der Waals surface area contributed by atoms with Crippen LogP contribution in [0.5, 0.6) is 0 Å². The Bertz CT molecular complexity index is 246. The van der Waals surface area contributed by atoms with Crippen LogP contribution in [0.2, 0.25) is 0 Å². The van der Waals surface area contributed by atoms with Crippen molar-refractivity contribution in [2.75, 3.05) is 44.8 Å². The van der Waals surface area contributed by atoms with Crippen LogP contribution in [0.4, 0.5) is 0 Å². The van der Waals surface area contributed by atoms with Gasteiger partial charge in [-0.05, 0) is 25.1 Å². The van der Waals surface area contributed by atoms with E-state index in [1.54, 1.807) is 0 Å². The smallest absolute Gasteiger partial charge is 0.327 e. The van der Waals surface area contributed by atoms with Gasteiger partial charge in [0.05, 0.1) is 7.11 Å². The summed E-state index contributed by atoms with van der Waals surface area (Å²) in [5.41, 5.74) is -0.342. The third kappa shape index (κ3) is 2.21. The zero-order chi connectivity index (χ0) is 11.4. The van der Waals surface area contributed by atoms with Crippen LogP contribution in [0.15, 0.2) is 0 Å². The van der Waals surface area contributed by atoms with Crippen LogP contribution in [-0.4, -0.2) is 61.2 Å². The van der Waals surface area contributed by atoms with Gasteiger partial charge in [-0.1, -0.05) is 0 Å². The van der Waals surface area contributed by atoms with Crippen LogP contribution in [-0.2, 0) is 9.53 Å². The number of esters is 1. The average molecular weight is 244 g/mol. The molecule has 1 atom stereocenters. The molecule has 0 aliphatic carbocycles. The van der Waals surface area contributed by atoms with Crippen LogP contribution in [0.1, 0.15) is 12.8 Å². The number of hydrogen-bond acceptors (Lipinski definition) is 5. The number of methoxy groups -OCH3 is 1. The Labute approximate surface area is 101 Å². The molecule has 2 saturated heterocycles. The summed E-state index contributed by atoms with van der Waals surface area (Å²) in [6.07, 6.45) is 2.05. The molecule has 16 heavy (non-hydrogen) atoms. The first-order chi connectivity index (χ1) is 7.79. The predicted octanol–water partition coefficient (Wildman–Crippen LogP) is 0.330. The van der Waals surface area contributed by atoms with E-state index in [0.717, 1.165) is 50.5 Å². The van der Waals surface area contributed by atoms with Crippen LogP contribution in [0.25, 0.3) is 0 Å². The molecule has 0 saturated carbocycles. The molecule has 2 aliphatic rings. The summed E-state index contributed by atoms with van der Waals surface area (Å²) in [6.45, 7) is 3.99. The fourth-order valence-corrected chi connectivity index (χ4v) is 3.97. The minimum absolute atomic E-state index is 0.0422. The second-order valence-corrected chi connectivity index (χ2v) is 5.52. The fraction of sp³-hybridized carbons (Fsp3) is 0.909. The summed E-state index contributed by atoms with van der Waals surface area (Å²) < 4.78 is 5.02. The SMILES string of the molecule is COC(=O)C1(N2CCCNCC2)CCSC1. The molecular weight excluding hydrogens is 224 g/mol. The van der Waals surface area contributed by atoms with E-state index >= 15 is 0 Å². The minimum Gasteiger partial charge on any atom is -0.468 e. The van der Waals surface area contributed by atoms with Crippen LogP contribution in [0.3, 0.4) is 0 Å². The van der Waals surface area contributed by atoms with Gasteiger partial charge in [0.15, 0.2) is 0 Å². The number of nitrogens with one attached hydrogen (secondary N) is 1. The summed E-state index contributed by atoms with van der Waals surface area (Å²) in [5, 5.41) is 3.37. The molecule has 2 rings (SSSR count). The third-order valence-electron chi connectivity index (χ3n) is 3.51. The van der Waals surface area contributed by atoms with Gasteiger partial charge < -0.3 is 10.1 Å². The van der Waals surface area contributed by atoms with E-state index in [9.17, 15) is 4.79 Å². The Morgan fingerprint density at radius 2 is 2.31 bits per heavy atom. The molecule has 5 heteroatoms. The highest BCUT2D eigenvalue weighted by molar-refractivity contribution is 7.99. The van der Waals surface area contributed by atoms with E-state index in [1.807, 2.05) is 11.8 Å². The maximum atomic E-state index is 12.0. The maximum Gasteiger partial charge on any atom is 0.327 e. The number of carbonyl (C=O) groups excluding carboxylic acids is 1. The largest absolute Gasteiger partial charge is 0.468 e. The highest BCUT2D eigenvalue weighted by Crippen LogP contribution is 2.34. The molecule has 1 N–H and O–H groups in total. The van der Waals surface area contributed by atoms with Gasteiger partial charge in [0, 0.05) is 25.4 Å². The monoisotopic (exact) mass is 244 g/mol. The fourth-order valence-electron chi connectivity index (χ4n) is 2.56. The topological polar surface area (TPSA) is 41.6 Å². The molecule has 2 heterocycles. The minimum atomic E-state index is -0.342. The summed E-state index contributed by atoms with van der Waals surface area (Å²) in [7, 11) is 1.50. The second kappa shape index (κ2) is 5.38. The van der Waals surface area contributed by atoms with Crippen molar-refractivity contribution in [2.24, 2.45) is 0 Å². The molecule has 2 fully saturated rings. The van der Waals surface area contributed by atoms with Crippen molar-refractivity contribution in [1.82, 2.24) is 10.2 Å². The lowest BCUT2D eigenvalue weighted by Crippen LogP contribution is -2.56. The Morgan fingerprint density at radius 1 is 1.44 bits per heavy atom. The number of hydrogen-bond donors (Lipinski definition) is 1. The van der Waals surface area contributed by atoms with Crippen LogP contribution >= 0.6 is 11.8 Å². The van der Waals surface area contributed by atoms with Gasteiger partial charge in [-0.2, -0.15) is 11.8 Å². The molecule has 0 aromatic heterocycles. The first kappa shape index (κ1) is 12.2. The molecule has 1 unspecified atom stereocenters. The van der Waals surface area contributed by atoms with E-state index in [0.29, 0.717) is 0 Å². The van der Waals surface area contributed by atoms with Crippen molar-refractivity contribution in [3.8, 4) is 0 Å². The molecule has 0 aromatic carbocycles. The van der Waals surface area contributed by atoms with E-state index in [1.165, 1.54) is 7.11 Å². The first-order valence-electron chi connectivity index (χ1n) is 5.91. The quantitative estimate of drug-likeness (QED) is 0.709. The lowest BCUT2D eigenvalue weighted by Gasteiger charge is -2.37. The number of carbonyl (C=O) groups is 1. The summed E-state index contributed by atoms with van der Waals surface area (Å²) in [4.78, 5) is 14.4. The Hall–Kier alpha value is -0.260. The van der Waals surface area contributed by atoms with Crippen molar-refractivity contribution in [1.29, 1.82) is 0 Å². The van der Waals surface area contributed by atoms with E-state index < -0.39 is 0 Å². The van der Waals surface area contributed by atoms with E-state index in [-0.39, 0.29) is 11.5 Å². The molecule has 0 bridgehead atoms. The highest BCUT2D eigenvalue weighted by Gasteiger charge is 2.47. The normalized spacial score (nSPS) is 32.3. The van der Waals surface area contributed by atoms with Gasteiger partial charge in [0.2, 0.25) is 0 Å². The second-order valence-electron chi connectivity index (χ2n) is 4.42. The van der Waals surface area contributed by atoms with Gasteiger partial charge in [0.25, 0.3) is 0 Å². The van der Waals surface area contributed by atoms with Gasteiger partial charge in [-0.15, -0.1) is 0 Å². The van der Waals surface area contributed by atoms with Crippen LogP contribution in [0, 0.1) is 0 Å². The Balaban J connectivity index is 2.13. The summed E-state index contributed by atoms with van der Waals surface area (Å²) in [5.74, 6) is 1.91. The predicted molar refractivity (Wildman–Crippen MR) is 65.7 cm³/mol. The van der Waals surface area contributed by atoms with Gasteiger partial charge >= 0.3 is 5.97 Å². The first-order valence-corrected chi connectivity index (χ1v) is 7.07. The van der Waals surface area contributed by atoms with E-state index in [4.69, 9.17) is 4.74 Å². The van der Waals surface area contributed by atoms with Gasteiger partial charge in [-0.25, -0.2) is 0 Å². The zero-order valence-corrected chi connectivity index (χ0v) is 10.6. The molecule has 0 radical (unpaired) electrons. The van der Waals surface area contributed by atoms with Crippen molar-refractivity contribution in [3.63, 3.8) is 0 Å². The standard InChI is InChI=1S/C11H20N2O2S/c1-15-10(14)11(3-8-16-9-11)13-6-2-4-12-5-7-13/h12H,2-9H2,1H3. The van der Waals surface area contributed by atoms with Crippen molar-refractivity contribution in [2.45, 2.75) is 18.4 Å². The average Bonchev–Trinajstić information content (AvgIpc) is 2.65. The highest BCUT2D eigenvalue weighted by atomic mass is 32.2. The number of nitrogens with zero attached hydrogens (tertiary/aromatic N) is 1. The number of ether oxygens (including phenoxy) is 1. The molecule has 0 aromatic rings. The maximum absolute atomic E-state index is 12.0. The number of thioether (sulfide) groups is 1. The third-order valence-corrected chi connectivity index (χ3v) is 4.69. The number of rotatable bonds is 2. The van der Waals surface area contributed by atoms with Crippen molar-refractivity contribution in [3.05, 3.63) is 0 Å². The molecule has 0 spiro atoms. The summed E-state index contributed by atoms with van der Waals surface area (Å²) >= 11 is 1.86. The Kier molecular flexibility index (Phi) is 4.10. The van der Waals surface area contributed by atoms with Gasteiger partial charge in [0.1, 0.15) is 5.54 Å². The molecule has 92 valence electrons. The molecule has 2 aliphatic heterocycles. The van der Waals surface area contributed by atoms with Crippen molar-refractivity contribution >= 4 is 17.7 Å². The summed E-state index contributed by atoms with van der Waals surface area (Å²) in [6, 6.07) is 0. The lowest BCUT2D eigenvalue weighted by atomic mass is 9.96. The van der Waals surface area contributed by atoms with Crippen molar-refractivity contribution < 1.29 is 9.53 Å². The van der Waals surface area contributed by atoms with E-state index in [2.05, 4.69) is 10.2 Å². The molecular formula is C11H20N2O2S. The molecule has 0 amide bonds. The Morgan fingerprint density at radius 3 is 3.00 bits per heavy atom. The van der Waals surface area contributed by atoms with Gasteiger partial charge in [-0.3, -0.25) is 9.69 Å². The zero-order valence-electron chi connectivity index (χ0n) is 9.83.